The fourth-order valence-electron chi connectivity index (χ4n) is 2.26. The second-order valence-corrected chi connectivity index (χ2v) is 5.12. The van der Waals surface area contributed by atoms with Crippen LogP contribution in [0.25, 0.3) is 11.4 Å². The molecule has 3 rings (SSSR count). The molecule has 21 heavy (non-hydrogen) atoms. The lowest BCUT2D eigenvalue weighted by atomic mass is 10.0. The Bertz CT molecular complexity index is 750. The minimum absolute atomic E-state index is 0.301. The van der Waals surface area contributed by atoms with E-state index in [0.717, 1.165) is 16.9 Å². The van der Waals surface area contributed by atoms with Crippen molar-refractivity contribution >= 4 is 0 Å². The molecule has 5 nitrogen and oxygen atoms in total. The molecular formula is C16H16N4O. The normalized spacial score (nSPS) is 11.0. The molecule has 2 aromatic carbocycles. The average molecular weight is 280 g/mol. The van der Waals surface area contributed by atoms with Crippen LogP contribution in [0.3, 0.4) is 0 Å². The second-order valence-electron chi connectivity index (χ2n) is 5.12. The van der Waals surface area contributed by atoms with E-state index in [4.69, 9.17) is 0 Å². The molecule has 5 heteroatoms. The summed E-state index contributed by atoms with van der Waals surface area (Å²) in [6.45, 7) is 4.18. The van der Waals surface area contributed by atoms with Crippen molar-refractivity contribution in [1.29, 1.82) is 0 Å². The molecule has 0 unspecified atom stereocenters. The third kappa shape index (κ3) is 2.50. The highest BCUT2D eigenvalue weighted by atomic mass is 16.3. The largest absolute Gasteiger partial charge is 0.816 e. The maximum Gasteiger partial charge on any atom is 0.272 e. The molecule has 0 atom stereocenters. The monoisotopic (exact) mass is 280 g/mol. The van der Waals surface area contributed by atoms with E-state index < -0.39 is 0 Å². The molecule has 0 saturated heterocycles. The fraction of sp³-hybridized carbons (Fsp3) is 0.188. The van der Waals surface area contributed by atoms with Gasteiger partial charge in [0.05, 0.1) is 10.3 Å². The van der Waals surface area contributed by atoms with Gasteiger partial charge >= 0.3 is 0 Å². The van der Waals surface area contributed by atoms with Crippen molar-refractivity contribution in [2.24, 2.45) is 0 Å². The Morgan fingerprint density at radius 1 is 1.00 bits per heavy atom. The van der Waals surface area contributed by atoms with E-state index in [-0.39, 0.29) is 6.01 Å². The summed E-state index contributed by atoms with van der Waals surface area (Å²) in [6.07, 6.45) is 0. The first kappa shape index (κ1) is 13.3. The second kappa shape index (κ2) is 5.36. The summed E-state index contributed by atoms with van der Waals surface area (Å²) < 4.78 is 1.35. The predicted octanol–water partition coefficient (Wildman–Crippen LogP) is 1.74. The number of hydrogen-bond donors (Lipinski definition) is 0. The van der Waals surface area contributed by atoms with E-state index in [2.05, 4.69) is 24.2 Å². The molecule has 0 amide bonds. The van der Waals surface area contributed by atoms with Crippen molar-refractivity contribution in [3.05, 3.63) is 60.2 Å². The Morgan fingerprint density at radius 2 is 1.67 bits per heavy atom. The van der Waals surface area contributed by atoms with E-state index in [1.54, 1.807) is 0 Å². The van der Waals surface area contributed by atoms with Crippen LogP contribution in [-0.4, -0.2) is 15.1 Å². The summed E-state index contributed by atoms with van der Waals surface area (Å²) in [5, 5.41) is 20.4. The molecule has 0 aliphatic rings. The van der Waals surface area contributed by atoms with Crippen LogP contribution in [-0.2, 0) is 0 Å². The zero-order chi connectivity index (χ0) is 14.8. The summed E-state index contributed by atoms with van der Waals surface area (Å²) in [4.78, 5) is 1.36. The van der Waals surface area contributed by atoms with Gasteiger partial charge in [-0.25, -0.2) is 0 Å². The SMILES string of the molecule is CC(C)c1ccccc1-[n+]1nn(-c2ccccc2)nc1[O-]. The zero-order valence-corrected chi connectivity index (χ0v) is 12.0. The van der Waals surface area contributed by atoms with Gasteiger partial charge < -0.3 is 5.11 Å². The van der Waals surface area contributed by atoms with Gasteiger partial charge in [0.2, 0.25) is 0 Å². The van der Waals surface area contributed by atoms with Crippen LogP contribution in [0.15, 0.2) is 54.6 Å². The predicted molar refractivity (Wildman–Crippen MR) is 76.4 cm³/mol. The van der Waals surface area contributed by atoms with Gasteiger partial charge in [-0.15, -0.1) is 4.68 Å². The molecule has 0 saturated carbocycles. The highest BCUT2D eigenvalue weighted by Crippen LogP contribution is 2.19. The van der Waals surface area contributed by atoms with E-state index in [1.807, 2.05) is 54.6 Å². The zero-order valence-electron chi connectivity index (χ0n) is 12.0. The summed E-state index contributed by atoms with van der Waals surface area (Å²) in [6, 6.07) is 16.8. The van der Waals surface area contributed by atoms with Crippen molar-refractivity contribution in [3.8, 4) is 17.4 Å². The van der Waals surface area contributed by atoms with E-state index in [1.165, 1.54) is 9.48 Å². The minimum Gasteiger partial charge on any atom is -0.816 e. The molecule has 0 aliphatic heterocycles. The summed E-state index contributed by atoms with van der Waals surface area (Å²) in [5.41, 5.74) is 2.61. The molecule has 106 valence electrons. The summed E-state index contributed by atoms with van der Waals surface area (Å²) in [5.74, 6) is 0.301. The quantitative estimate of drug-likeness (QED) is 0.687. The van der Waals surface area contributed by atoms with Gasteiger partial charge in [0.1, 0.15) is 5.69 Å². The van der Waals surface area contributed by atoms with Gasteiger partial charge in [-0.2, -0.15) is 0 Å². The third-order valence-corrected chi connectivity index (χ3v) is 3.31. The number of tetrazole rings is 1. The van der Waals surface area contributed by atoms with Gasteiger partial charge in [0.25, 0.3) is 6.01 Å². The van der Waals surface area contributed by atoms with Gasteiger partial charge in [-0.3, -0.25) is 0 Å². The first-order valence-electron chi connectivity index (χ1n) is 6.88. The first-order valence-corrected chi connectivity index (χ1v) is 6.88. The highest BCUT2D eigenvalue weighted by molar-refractivity contribution is 5.36. The number of hydrogen-bond acceptors (Lipinski definition) is 3. The number of benzene rings is 2. The molecule has 0 fully saturated rings. The van der Waals surface area contributed by atoms with Crippen molar-refractivity contribution in [2.45, 2.75) is 19.8 Å². The van der Waals surface area contributed by atoms with E-state index in [0.29, 0.717) is 5.92 Å². The number of para-hydroxylation sites is 2. The molecule has 0 N–H and O–H groups in total. The maximum atomic E-state index is 12.2. The van der Waals surface area contributed by atoms with Crippen molar-refractivity contribution < 1.29 is 9.79 Å². The summed E-state index contributed by atoms with van der Waals surface area (Å²) in [7, 11) is 0. The Kier molecular flexibility index (Phi) is 3.39. The fourth-order valence-corrected chi connectivity index (χ4v) is 2.26. The smallest absolute Gasteiger partial charge is 0.272 e. The average Bonchev–Trinajstić information content (AvgIpc) is 2.90. The van der Waals surface area contributed by atoms with Gasteiger partial charge in [0, 0.05) is 4.80 Å². The van der Waals surface area contributed by atoms with Crippen LogP contribution < -0.4 is 9.79 Å². The maximum absolute atomic E-state index is 12.2. The van der Waals surface area contributed by atoms with Crippen LogP contribution in [0.1, 0.15) is 25.3 Å². The lowest BCUT2D eigenvalue weighted by Gasteiger charge is -2.09. The van der Waals surface area contributed by atoms with Crippen LogP contribution in [0.4, 0.5) is 0 Å². The Morgan fingerprint density at radius 3 is 2.38 bits per heavy atom. The third-order valence-electron chi connectivity index (χ3n) is 3.31. The van der Waals surface area contributed by atoms with Gasteiger partial charge in [0.15, 0.2) is 5.69 Å². The summed E-state index contributed by atoms with van der Waals surface area (Å²) >= 11 is 0. The van der Waals surface area contributed by atoms with Crippen LogP contribution >= 0.6 is 0 Å². The molecule has 0 aliphatic carbocycles. The minimum atomic E-state index is -0.382. The molecule has 0 bridgehead atoms. The lowest BCUT2D eigenvalue weighted by Crippen LogP contribution is -2.38. The number of rotatable bonds is 3. The standard InChI is InChI=1S/C16H16N4O/c1-12(2)14-10-6-7-11-15(14)19-16(21)17-20(18-19)13-8-4-3-5-9-13/h3-12H,1-2H3. The Balaban J connectivity index is 2.11. The van der Waals surface area contributed by atoms with Gasteiger partial charge in [-0.05, 0) is 29.7 Å². The number of nitrogens with zero attached hydrogens (tertiary/aromatic N) is 4. The molecule has 0 radical (unpaired) electrons. The van der Waals surface area contributed by atoms with Crippen LogP contribution in [0, 0.1) is 0 Å². The van der Waals surface area contributed by atoms with Gasteiger partial charge in [-0.1, -0.05) is 50.2 Å². The van der Waals surface area contributed by atoms with E-state index >= 15 is 0 Å². The molecule has 3 aromatic rings. The molecular weight excluding hydrogens is 264 g/mol. The van der Waals surface area contributed by atoms with Crippen molar-refractivity contribution in [2.75, 3.05) is 0 Å². The Hall–Kier alpha value is -2.69. The molecule has 1 aromatic heterocycles. The number of aromatic nitrogens is 4. The molecule has 0 spiro atoms. The Labute approximate surface area is 123 Å². The van der Waals surface area contributed by atoms with Crippen LogP contribution in [0.5, 0.6) is 6.01 Å². The van der Waals surface area contributed by atoms with E-state index in [9.17, 15) is 5.11 Å². The van der Waals surface area contributed by atoms with Crippen molar-refractivity contribution in [3.63, 3.8) is 0 Å². The topological polar surface area (TPSA) is 57.7 Å². The lowest BCUT2D eigenvalue weighted by molar-refractivity contribution is -0.705. The van der Waals surface area contributed by atoms with Crippen LogP contribution in [0.2, 0.25) is 0 Å². The van der Waals surface area contributed by atoms with Crippen molar-refractivity contribution in [1.82, 2.24) is 15.1 Å². The molecule has 1 heterocycles. The first-order chi connectivity index (χ1) is 10.2. The highest BCUT2D eigenvalue weighted by Gasteiger charge is 2.18.